The highest BCUT2D eigenvalue weighted by Gasteiger charge is 2.35. The Labute approximate surface area is 265 Å². The van der Waals surface area contributed by atoms with Crippen molar-refractivity contribution in [3.05, 3.63) is 94.0 Å². The fourth-order valence-electron chi connectivity index (χ4n) is 6.27. The minimum atomic E-state index is -3.91. The first-order valence-corrected chi connectivity index (χ1v) is 16.7. The molecule has 2 saturated heterocycles. The van der Waals surface area contributed by atoms with Crippen molar-refractivity contribution in [2.45, 2.75) is 58.1 Å². The van der Waals surface area contributed by atoms with Crippen LogP contribution >= 0.6 is 0 Å². The Morgan fingerprint density at radius 1 is 0.889 bits per heavy atom. The van der Waals surface area contributed by atoms with Gasteiger partial charge in [0.1, 0.15) is 13.2 Å². The highest BCUT2D eigenvalue weighted by atomic mass is 32.2. The first kappa shape index (κ1) is 32.0. The van der Waals surface area contributed by atoms with E-state index in [1.54, 1.807) is 42.7 Å². The molecule has 0 saturated carbocycles. The molecule has 2 aliphatic rings. The predicted octanol–water partition coefficient (Wildman–Crippen LogP) is 4.81. The number of carbonyl (C=O) groups is 3. The van der Waals surface area contributed by atoms with Crippen molar-refractivity contribution < 1.29 is 27.5 Å². The monoisotopic (exact) mass is 632 g/mol. The average Bonchev–Trinajstić information content (AvgIpc) is 3.00. The Morgan fingerprint density at radius 3 is 2.29 bits per heavy atom. The molecule has 2 heterocycles. The van der Waals surface area contributed by atoms with Gasteiger partial charge in [0.25, 0.3) is 15.9 Å². The summed E-state index contributed by atoms with van der Waals surface area (Å²) >= 11 is 0. The van der Waals surface area contributed by atoms with Gasteiger partial charge in [-0.15, -0.1) is 0 Å². The van der Waals surface area contributed by atoms with Crippen molar-refractivity contribution in [3.8, 4) is 0 Å². The Bertz CT molecular complexity index is 1690. The Hall–Kier alpha value is -4.38. The van der Waals surface area contributed by atoms with Gasteiger partial charge in [-0.3, -0.25) is 14.3 Å². The zero-order valence-corrected chi connectivity index (χ0v) is 27.0. The van der Waals surface area contributed by atoms with Gasteiger partial charge in [0.2, 0.25) is 5.91 Å². The van der Waals surface area contributed by atoms with Gasteiger partial charge in [-0.25, -0.2) is 13.2 Å². The van der Waals surface area contributed by atoms with E-state index in [4.69, 9.17) is 4.74 Å². The first-order valence-electron chi connectivity index (χ1n) is 15.2. The van der Waals surface area contributed by atoms with Crippen LogP contribution in [0.5, 0.6) is 0 Å². The van der Waals surface area contributed by atoms with Crippen molar-refractivity contribution in [1.82, 2.24) is 14.7 Å². The molecule has 0 bridgehead atoms. The molecule has 0 radical (unpaired) electrons. The second-order valence-electron chi connectivity index (χ2n) is 12.0. The number of hydrogen-bond donors (Lipinski definition) is 1. The number of amides is 3. The number of likely N-dealkylation sites (tertiary alicyclic amines) is 1. The maximum atomic E-state index is 13.5. The number of carbonyl (C=O) groups excluding carboxylic acids is 3. The van der Waals surface area contributed by atoms with Gasteiger partial charge >= 0.3 is 6.09 Å². The van der Waals surface area contributed by atoms with Gasteiger partial charge in [-0.2, -0.15) is 0 Å². The third kappa shape index (κ3) is 7.30. The summed E-state index contributed by atoms with van der Waals surface area (Å²) in [5, 5.41) is 0. The van der Waals surface area contributed by atoms with Crippen LogP contribution in [-0.4, -0.2) is 79.8 Å². The Morgan fingerprint density at radius 2 is 1.60 bits per heavy atom. The van der Waals surface area contributed by atoms with Crippen LogP contribution in [-0.2, 0) is 26.2 Å². The van der Waals surface area contributed by atoms with Crippen LogP contribution in [0.2, 0.25) is 0 Å². The zero-order chi connectivity index (χ0) is 32.3. The van der Waals surface area contributed by atoms with Crippen LogP contribution in [0.3, 0.4) is 0 Å². The molecule has 10 nitrogen and oxygen atoms in total. The zero-order valence-electron chi connectivity index (χ0n) is 26.2. The number of hydrogen-bond acceptors (Lipinski definition) is 6. The predicted molar refractivity (Wildman–Crippen MR) is 171 cm³/mol. The van der Waals surface area contributed by atoms with Crippen LogP contribution in [0.4, 0.5) is 10.5 Å². The lowest BCUT2D eigenvalue weighted by atomic mass is 10.0. The number of ether oxygens (including phenoxy) is 1. The Kier molecular flexibility index (Phi) is 9.48. The quantitative estimate of drug-likeness (QED) is 0.400. The van der Waals surface area contributed by atoms with Crippen molar-refractivity contribution in [2.75, 3.05) is 37.4 Å². The molecular weight excluding hydrogens is 592 g/mol. The third-order valence-electron chi connectivity index (χ3n) is 8.45. The van der Waals surface area contributed by atoms with Crippen molar-refractivity contribution >= 4 is 33.6 Å². The van der Waals surface area contributed by atoms with Gasteiger partial charge in [-0.1, -0.05) is 54.1 Å². The standard InChI is InChI=1S/C34H40N4O6S/c1-23-17-25(3)32(26(4)18-23)45(42,43)35-30-19-28(13-12-24(30)2)33(40)36-15-16-38(31(39)21-36)29-11-8-14-37(20-29)34(41)44-22-27-9-6-5-7-10-27/h5-7,9-10,12-13,17-19,29,35H,8,11,14-16,20-22H2,1-4H3. The molecule has 238 valence electrons. The van der Waals surface area contributed by atoms with Crippen LogP contribution < -0.4 is 4.72 Å². The summed E-state index contributed by atoms with van der Waals surface area (Å²) in [4.78, 5) is 44.7. The van der Waals surface area contributed by atoms with E-state index in [1.165, 1.54) is 11.0 Å². The fraction of sp³-hybridized carbons (Fsp3) is 0.382. The van der Waals surface area contributed by atoms with E-state index in [1.807, 2.05) is 49.4 Å². The number of benzene rings is 3. The third-order valence-corrected chi connectivity index (χ3v) is 10.1. The van der Waals surface area contributed by atoms with E-state index < -0.39 is 16.1 Å². The van der Waals surface area contributed by atoms with Crippen LogP contribution in [0.15, 0.2) is 65.6 Å². The lowest BCUT2D eigenvalue weighted by molar-refractivity contribution is -0.138. The number of aryl methyl sites for hydroxylation is 4. The molecule has 3 aromatic carbocycles. The van der Waals surface area contributed by atoms with Crippen molar-refractivity contribution in [1.29, 1.82) is 0 Å². The molecule has 3 aromatic rings. The summed E-state index contributed by atoms with van der Waals surface area (Å²) in [5.74, 6) is -0.529. The van der Waals surface area contributed by atoms with E-state index in [9.17, 15) is 22.8 Å². The van der Waals surface area contributed by atoms with Crippen molar-refractivity contribution in [2.24, 2.45) is 0 Å². The minimum Gasteiger partial charge on any atom is -0.445 e. The molecule has 11 heteroatoms. The minimum absolute atomic E-state index is 0.0928. The van der Waals surface area contributed by atoms with E-state index in [-0.39, 0.29) is 35.9 Å². The number of sulfonamides is 1. The Balaban J connectivity index is 1.21. The number of nitrogens with zero attached hydrogens (tertiary/aromatic N) is 3. The summed E-state index contributed by atoms with van der Waals surface area (Å²) in [7, 11) is -3.91. The van der Waals surface area contributed by atoms with Gasteiger partial charge in [-0.05, 0) is 74.9 Å². The topological polar surface area (TPSA) is 116 Å². The number of piperidine rings is 1. The summed E-state index contributed by atoms with van der Waals surface area (Å²) < 4.78 is 35.0. The largest absolute Gasteiger partial charge is 0.445 e. The van der Waals surface area contributed by atoms with Gasteiger partial charge in [0.15, 0.2) is 0 Å². The highest BCUT2D eigenvalue weighted by Crippen LogP contribution is 2.27. The summed E-state index contributed by atoms with van der Waals surface area (Å²) in [6.07, 6.45) is 1.12. The number of rotatable bonds is 7. The van der Waals surface area contributed by atoms with Crippen LogP contribution in [0.1, 0.15) is 51.0 Å². The molecule has 2 aliphatic heterocycles. The lowest BCUT2D eigenvalue weighted by Crippen LogP contribution is -2.59. The summed E-state index contributed by atoms with van der Waals surface area (Å²) in [5.41, 5.74) is 4.45. The van der Waals surface area contributed by atoms with Gasteiger partial charge < -0.3 is 19.4 Å². The van der Waals surface area contributed by atoms with E-state index in [0.717, 1.165) is 24.0 Å². The molecule has 3 amide bonds. The maximum absolute atomic E-state index is 13.5. The van der Waals surface area contributed by atoms with Crippen molar-refractivity contribution in [3.63, 3.8) is 0 Å². The van der Waals surface area contributed by atoms with E-state index in [0.29, 0.717) is 54.1 Å². The molecule has 0 aromatic heterocycles. The summed E-state index contributed by atoms with van der Waals surface area (Å²) in [6.45, 7) is 8.94. The lowest BCUT2D eigenvalue weighted by Gasteiger charge is -2.42. The average molecular weight is 633 g/mol. The number of anilines is 1. The molecule has 1 N–H and O–H groups in total. The summed E-state index contributed by atoms with van der Waals surface area (Å²) in [6, 6.07) is 17.9. The molecule has 45 heavy (non-hydrogen) atoms. The smallest absolute Gasteiger partial charge is 0.410 e. The molecular formula is C34H40N4O6S. The molecule has 0 spiro atoms. The van der Waals surface area contributed by atoms with Gasteiger partial charge in [0, 0.05) is 37.8 Å². The highest BCUT2D eigenvalue weighted by molar-refractivity contribution is 7.92. The molecule has 1 atom stereocenters. The van der Waals surface area contributed by atoms with Crippen LogP contribution in [0, 0.1) is 27.7 Å². The second kappa shape index (κ2) is 13.3. The molecule has 2 fully saturated rings. The normalized spacial score (nSPS) is 17.3. The first-order chi connectivity index (χ1) is 21.4. The van der Waals surface area contributed by atoms with E-state index in [2.05, 4.69) is 4.72 Å². The van der Waals surface area contributed by atoms with Gasteiger partial charge in [0.05, 0.1) is 10.6 Å². The molecule has 0 aliphatic carbocycles. The fourth-order valence-corrected chi connectivity index (χ4v) is 7.84. The maximum Gasteiger partial charge on any atom is 0.410 e. The molecule has 1 unspecified atom stereocenters. The molecule has 5 rings (SSSR count). The number of piperazine rings is 1. The van der Waals surface area contributed by atoms with Crippen LogP contribution in [0.25, 0.3) is 0 Å². The SMILES string of the molecule is Cc1cc(C)c(S(=O)(=O)Nc2cc(C(=O)N3CCN(C4CCCN(C(=O)OCc5ccccc5)C4)C(=O)C3)ccc2C)c(C)c1. The van der Waals surface area contributed by atoms with E-state index >= 15 is 0 Å². The number of nitrogens with one attached hydrogen (secondary N) is 1. The second-order valence-corrected chi connectivity index (χ2v) is 13.6.